The molecule has 124 valence electrons. The van der Waals surface area contributed by atoms with Gasteiger partial charge in [0.25, 0.3) is 0 Å². The van der Waals surface area contributed by atoms with E-state index in [1.165, 1.54) is 23.9 Å². The number of aromatic nitrogens is 1. The SMILES string of the molecule is C=CC(=O)/C(CS/C=C/c1cccnc1C=C)=N\NC(C=C)C=N. The molecule has 5 nitrogen and oxygen atoms in total. The van der Waals surface area contributed by atoms with E-state index in [2.05, 4.69) is 35.2 Å². The summed E-state index contributed by atoms with van der Waals surface area (Å²) in [6.45, 7) is 10.8. The first-order chi connectivity index (χ1) is 11.7. The fraction of sp³-hybridized carbons (Fsp3) is 0.111. The van der Waals surface area contributed by atoms with Crippen LogP contribution in [0.15, 0.2) is 60.7 Å². The van der Waals surface area contributed by atoms with E-state index in [0.717, 1.165) is 17.5 Å². The maximum atomic E-state index is 11.8. The third-order valence-electron chi connectivity index (χ3n) is 2.88. The van der Waals surface area contributed by atoms with Gasteiger partial charge >= 0.3 is 0 Å². The maximum Gasteiger partial charge on any atom is 0.202 e. The standard InChI is InChI=1S/C18H20N4OS/c1-4-15(12-19)21-22-17(18(23)6-3)13-24-11-9-14-8-7-10-20-16(14)5-2/h4-12,15,19,21H,1-3,13H2/b11-9+,19-12?,22-17-. The van der Waals surface area contributed by atoms with Crippen LogP contribution in [-0.2, 0) is 4.79 Å². The summed E-state index contributed by atoms with van der Waals surface area (Å²) in [5.74, 6) is 0.115. The molecule has 1 rings (SSSR count). The summed E-state index contributed by atoms with van der Waals surface area (Å²) in [6, 6.07) is 3.37. The number of hydrogen-bond acceptors (Lipinski definition) is 6. The lowest BCUT2D eigenvalue weighted by atomic mass is 10.2. The predicted molar refractivity (Wildman–Crippen MR) is 104 cm³/mol. The van der Waals surface area contributed by atoms with Crippen molar-refractivity contribution < 1.29 is 4.79 Å². The average Bonchev–Trinajstić information content (AvgIpc) is 2.63. The minimum absolute atomic E-state index is 0.260. The van der Waals surface area contributed by atoms with Crippen LogP contribution in [0.25, 0.3) is 12.2 Å². The monoisotopic (exact) mass is 340 g/mol. The Morgan fingerprint density at radius 1 is 1.46 bits per heavy atom. The summed E-state index contributed by atoms with van der Waals surface area (Å²) < 4.78 is 0. The molecule has 2 N–H and O–H groups in total. The number of carbonyl (C=O) groups excluding carboxylic acids is 1. The zero-order chi connectivity index (χ0) is 17.8. The number of ketones is 1. The molecule has 1 heterocycles. The van der Waals surface area contributed by atoms with Gasteiger partial charge in [0.2, 0.25) is 5.78 Å². The van der Waals surface area contributed by atoms with E-state index < -0.39 is 6.04 Å². The number of pyridine rings is 1. The number of nitrogens with one attached hydrogen (secondary N) is 2. The molecule has 1 aromatic rings. The van der Waals surface area contributed by atoms with Gasteiger partial charge in [0.1, 0.15) is 5.71 Å². The molecule has 0 radical (unpaired) electrons. The van der Waals surface area contributed by atoms with E-state index >= 15 is 0 Å². The molecule has 1 atom stereocenters. The lowest BCUT2D eigenvalue weighted by Crippen LogP contribution is -2.27. The summed E-state index contributed by atoms with van der Waals surface area (Å²) >= 11 is 1.42. The normalized spacial score (nSPS) is 12.4. The second kappa shape index (κ2) is 10.9. The van der Waals surface area contributed by atoms with Gasteiger partial charge < -0.3 is 5.41 Å². The molecule has 6 heteroatoms. The molecule has 0 fully saturated rings. The molecule has 0 saturated carbocycles. The minimum atomic E-state index is -0.413. The van der Waals surface area contributed by atoms with Crippen molar-refractivity contribution in [3.05, 3.63) is 66.9 Å². The number of hydrazone groups is 1. The Hall–Kier alpha value is -2.73. The minimum Gasteiger partial charge on any atom is -0.311 e. The van der Waals surface area contributed by atoms with Gasteiger partial charge in [0.15, 0.2) is 0 Å². The fourth-order valence-corrected chi connectivity index (χ4v) is 2.28. The van der Waals surface area contributed by atoms with Crippen LogP contribution in [0.5, 0.6) is 0 Å². The van der Waals surface area contributed by atoms with Crippen molar-refractivity contribution in [1.82, 2.24) is 10.4 Å². The van der Waals surface area contributed by atoms with Gasteiger partial charge in [-0.2, -0.15) is 5.10 Å². The van der Waals surface area contributed by atoms with Crippen molar-refractivity contribution in [2.75, 3.05) is 5.75 Å². The van der Waals surface area contributed by atoms with Crippen LogP contribution < -0.4 is 5.43 Å². The number of nitrogens with zero attached hydrogens (tertiary/aromatic N) is 2. The average molecular weight is 340 g/mol. The van der Waals surface area contributed by atoms with Crippen LogP contribution in [0.1, 0.15) is 11.3 Å². The van der Waals surface area contributed by atoms with Crippen molar-refractivity contribution >= 4 is 41.6 Å². The summed E-state index contributed by atoms with van der Waals surface area (Å²) in [5, 5.41) is 13.1. The van der Waals surface area contributed by atoms with E-state index in [-0.39, 0.29) is 5.78 Å². The molecule has 0 aromatic carbocycles. The van der Waals surface area contributed by atoms with Gasteiger partial charge in [0, 0.05) is 23.7 Å². The van der Waals surface area contributed by atoms with E-state index in [1.54, 1.807) is 12.3 Å². The molecular formula is C18H20N4OS. The highest BCUT2D eigenvalue weighted by atomic mass is 32.2. The Bertz CT molecular complexity index is 671. The molecule has 0 aliphatic carbocycles. The zero-order valence-electron chi connectivity index (χ0n) is 13.3. The first kappa shape index (κ1) is 19.3. The van der Waals surface area contributed by atoms with Crippen LogP contribution in [-0.4, -0.2) is 34.5 Å². The van der Waals surface area contributed by atoms with Crippen LogP contribution in [0.3, 0.4) is 0 Å². The Morgan fingerprint density at radius 3 is 2.88 bits per heavy atom. The van der Waals surface area contributed by atoms with Crippen molar-refractivity contribution in [2.24, 2.45) is 5.10 Å². The van der Waals surface area contributed by atoms with Gasteiger partial charge in [0.05, 0.1) is 11.7 Å². The molecule has 0 amide bonds. The lowest BCUT2D eigenvalue weighted by molar-refractivity contribution is -0.108. The Balaban J connectivity index is 2.73. The van der Waals surface area contributed by atoms with Crippen LogP contribution >= 0.6 is 11.8 Å². The Kier molecular flexibility index (Phi) is 8.78. The Labute approximate surface area is 146 Å². The van der Waals surface area contributed by atoms with Gasteiger partial charge in [-0.05, 0) is 29.7 Å². The van der Waals surface area contributed by atoms with Crippen molar-refractivity contribution in [3.8, 4) is 0 Å². The molecule has 0 spiro atoms. The summed E-state index contributed by atoms with van der Waals surface area (Å²) in [6.07, 6.45) is 9.20. The summed E-state index contributed by atoms with van der Waals surface area (Å²) in [4.78, 5) is 16.0. The van der Waals surface area contributed by atoms with Crippen molar-refractivity contribution in [1.29, 1.82) is 5.41 Å². The first-order valence-corrected chi connectivity index (χ1v) is 8.18. The van der Waals surface area contributed by atoms with Crippen LogP contribution in [0.4, 0.5) is 0 Å². The Morgan fingerprint density at radius 2 is 2.25 bits per heavy atom. The highest BCUT2D eigenvalue weighted by molar-refractivity contribution is 8.03. The second-order valence-electron chi connectivity index (χ2n) is 4.48. The third kappa shape index (κ3) is 6.18. The molecule has 0 aliphatic rings. The second-order valence-corrected chi connectivity index (χ2v) is 5.37. The molecule has 24 heavy (non-hydrogen) atoms. The molecule has 1 aromatic heterocycles. The van der Waals surface area contributed by atoms with Crippen molar-refractivity contribution in [3.63, 3.8) is 0 Å². The number of rotatable bonds is 11. The van der Waals surface area contributed by atoms with Gasteiger partial charge in [-0.15, -0.1) is 18.3 Å². The number of hydrogen-bond donors (Lipinski definition) is 2. The quantitative estimate of drug-likeness (QED) is 0.280. The van der Waals surface area contributed by atoms with E-state index in [9.17, 15) is 4.79 Å². The molecule has 1 unspecified atom stereocenters. The van der Waals surface area contributed by atoms with Gasteiger partial charge in [-0.3, -0.25) is 15.2 Å². The number of thioether (sulfide) groups is 1. The topological polar surface area (TPSA) is 78.2 Å². The summed E-state index contributed by atoms with van der Waals surface area (Å²) in [7, 11) is 0. The largest absolute Gasteiger partial charge is 0.311 e. The zero-order valence-corrected chi connectivity index (χ0v) is 14.1. The van der Waals surface area contributed by atoms with E-state index in [1.807, 2.05) is 23.6 Å². The van der Waals surface area contributed by atoms with E-state index in [0.29, 0.717) is 11.5 Å². The summed E-state index contributed by atoms with van der Waals surface area (Å²) in [5.41, 5.74) is 4.78. The number of allylic oxidation sites excluding steroid dienone is 1. The highest BCUT2D eigenvalue weighted by Gasteiger charge is 2.08. The predicted octanol–water partition coefficient (Wildman–Crippen LogP) is 3.33. The number of carbonyl (C=O) groups is 1. The fourth-order valence-electron chi connectivity index (χ4n) is 1.58. The smallest absolute Gasteiger partial charge is 0.202 e. The molecule has 0 aliphatic heterocycles. The van der Waals surface area contributed by atoms with Gasteiger partial charge in [-0.25, -0.2) is 0 Å². The highest BCUT2D eigenvalue weighted by Crippen LogP contribution is 2.13. The first-order valence-electron chi connectivity index (χ1n) is 7.13. The molecule has 0 saturated heterocycles. The van der Waals surface area contributed by atoms with Crippen LogP contribution in [0, 0.1) is 5.41 Å². The molecule has 0 bridgehead atoms. The van der Waals surface area contributed by atoms with Gasteiger partial charge in [-0.1, -0.05) is 25.3 Å². The molecular weight excluding hydrogens is 320 g/mol. The lowest BCUT2D eigenvalue weighted by Gasteiger charge is -2.07. The third-order valence-corrected chi connectivity index (χ3v) is 3.65. The van der Waals surface area contributed by atoms with Crippen molar-refractivity contribution in [2.45, 2.75) is 6.04 Å². The van der Waals surface area contributed by atoms with Crippen LogP contribution in [0.2, 0.25) is 0 Å². The maximum absolute atomic E-state index is 11.8. The van der Waals surface area contributed by atoms with E-state index in [4.69, 9.17) is 5.41 Å².